The number of nitrogens with one attached hydrogen (secondary N) is 1. The first-order chi connectivity index (χ1) is 15.9. The Morgan fingerprint density at radius 3 is 2.73 bits per heavy atom. The molecule has 0 spiro atoms. The summed E-state index contributed by atoms with van der Waals surface area (Å²) in [7, 11) is 0. The van der Waals surface area contributed by atoms with Crippen molar-refractivity contribution in [2.45, 2.75) is 26.9 Å². The number of benzene rings is 2. The monoisotopic (exact) mass is 442 g/mol. The van der Waals surface area contributed by atoms with E-state index in [1.54, 1.807) is 6.92 Å². The number of amides is 1. The van der Waals surface area contributed by atoms with Crippen molar-refractivity contribution in [2.75, 3.05) is 25.4 Å². The Morgan fingerprint density at radius 1 is 1.09 bits per heavy atom. The number of aromatic nitrogens is 3. The molecule has 8 nitrogen and oxygen atoms in total. The van der Waals surface area contributed by atoms with E-state index in [1.807, 2.05) is 48.2 Å². The highest BCUT2D eigenvalue weighted by Gasteiger charge is 2.26. The molecule has 1 saturated heterocycles. The first-order valence-corrected chi connectivity index (χ1v) is 11.0. The summed E-state index contributed by atoms with van der Waals surface area (Å²) in [6.45, 7) is 6.35. The Morgan fingerprint density at radius 2 is 1.94 bits per heavy atom. The average molecular weight is 443 g/mol. The summed E-state index contributed by atoms with van der Waals surface area (Å²) in [6, 6.07) is 11.9. The standard InChI is InChI=1S/C25H26N6O2/c1-15-3-6-20-19(9-15)24(16(2)32)22(29-20)12-30-7-8-31(23(33)13-30)11-17-4-5-18-21(10-17)27-14-28-25(18)26/h3-6,9-10,14,29H,7-8,11-13H2,1-2H3,(H2,26,27,28). The summed E-state index contributed by atoms with van der Waals surface area (Å²) in [5.41, 5.74) is 11.3. The third-order valence-corrected chi connectivity index (χ3v) is 6.27. The number of aryl methyl sites for hydroxylation is 1. The molecule has 1 aliphatic heterocycles. The molecule has 0 unspecified atom stereocenters. The summed E-state index contributed by atoms with van der Waals surface area (Å²) in [6.07, 6.45) is 1.45. The van der Waals surface area contributed by atoms with Crippen LogP contribution in [0.5, 0.6) is 0 Å². The molecule has 8 heteroatoms. The van der Waals surface area contributed by atoms with Crippen LogP contribution in [0.1, 0.15) is 34.1 Å². The molecule has 0 atom stereocenters. The van der Waals surface area contributed by atoms with Crippen LogP contribution in [0.2, 0.25) is 0 Å². The van der Waals surface area contributed by atoms with Gasteiger partial charge in [0.15, 0.2) is 5.78 Å². The zero-order chi connectivity index (χ0) is 23.1. The van der Waals surface area contributed by atoms with Crippen molar-refractivity contribution >= 4 is 39.3 Å². The Balaban J connectivity index is 1.30. The van der Waals surface area contributed by atoms with E-state index in [2.05, 4.69) is 19.9 Å². The highest BCUT2D eigenvalue weighted by molar-refractivity contribution is 6.08. The molecular formula is C25H26N6O2. The van der Waals surface area contributed by atoms with Gasteiger partial charge in [-0.25, -0.2) is 9.97 Å². The summed E-state index contributed by atoms with van der Waals surface area (Å²) in [5.74, 6) is 0.556. The summed E-state index contributed by atoms with van der Waals surface area (Å²) in [4.78, 5) is 41.0. The zero-order valence-electron chi connectivity index (χ0n) is 18.8. The normalized spacial score (nSPS) is 15.0. The number of H-pyrrole nitrogens is 1. The van der Waals surface area contributed by atoms with Crippen molar-refractivity contribution in [1.29, 1.82) is 0 Å². The van der Waals surface area contributed by atoms with E-state index < -0.39 is 0 Å². The van der Waals surface area contributed by atoms with E-state index in [9.17, 15) is 9.59 Å². The number of rotatable bonds is 5. The molecule has 0 radical (unpaired) electrons. The summed E-state index contributed by atoms with van der Waals surface area (Å²) >= 11 is 0. The molecule has 1 amide bonds. The highest BCUT2D eigenvalue weighted by atomic mass is 16.2. The Kier molecular flexibility index (Phi) is 5.30. The van der Waals surface area contributed by atoms with E-state index in [1.165, 1.54) is 6.33 Å². The second-order valence-corrected chi connectivity index (χ2v) is 8.72. The van der Waals surface area contributed by atoms with Crippen molar-refractivity contribution in [2.24, 2.45) is 0 Å². The summed E-state index contributed by atoms with van der Waals surface area (Å²) < 4.78 is 0. The lowest BCUT2D eigenvalue weighted by Crippen LogP contribution is -2.49. The van der Waals surface area contributed by atoms with Crippen LogP contribution >= 0.6 is 0 Å². The van der Waals surface area contributed by atoms with Crippen molar-refractivity contribution < 1.29 is 9.59 Å². The number of piperazine rings is 1. The van der Waals surface area contributed by atoms with E-state index in [0.717, 1.165) is 50.7 Å². The lowest BCUT2D eigenvalue weighted by Gasteiger charge is -2.34. The fourth-order valence-corrected chi connectivity index (χ4v) is 4.61. The smallest absolute Gasteiger partial charge is 0.237 e. The number of anilines is 1. The molecule has 2 aromatic carbocycles. The minimum Gasteiger partial charge on any atom is -0.383 e. The van der Waals surface area contributed by atoms with Gasteiger partial charge in [0.25, 0.3) is 0 Å². The topological polar surface area (TPSA) is 108 Å². The van der Waals surface area contributed by atoms with Crippen LogP contribution in [0.25, 0.3) is 21.8 Å². The maximum absolute atomic E-state index is 12.9. The fourth-order valence-electron chi connectivity index (χ4n) is 4.61. The van der Waals surface area contributed by atoms with E-state index in [4.69, 9.17) is 5.73 Å². The van der Waals surface area contributed by atoms with Crippen molar-refractivity contribution in [3.8, 4) is 0 Å². The number of hydrogen-bond acceptors (Lipinski definition) is 6. The number of fused-ring (bicyclic) bond motifs is 2. The van der Waals surface area contributed by atoms with E-state index >= 15 is 0 Å². The minimum absolute atomic E-state index is 0.0348. The molecule has 5 rings (SSSR count). The average Bonchev–Trinajstić information content (AvgIpc) is 3.13. The van der Waals surface area contributed by atoms with Crippen molar-refractivity contribution in [1.82, 2.24) is 24.8 Å². The molecule has 1 fully saturated rings. The maximum atomic E-state index is 12.9. The third-order valence-electron chi connectivity index (χ3n) is 6.27. The Bertz CT molecular complexity index is 1390. The molecular weight excluding hydrogens is 416 g/mol. The third kappa shape index (κ3) is 4.05. The van der Waals surface area contributed by atoms with Gasteiger partial charge in [0, 0.05) is 53.7 Å². The summed E-state index contributed by atoms with van der Waals surface area (Å²) in [5, 5.41) is 1.76. The molecule has 1 aliphatic rings. The number of carbonyl (C=O) groups excluding carboxylic acids is 2. The van der Waals surface area contributed by atoms with E-state index in [0.29, 0.717) is 32.0 Å². The molecule has 3 heterocycles. The molecule has 3 N–H and O–H groups in total. The first-order valence-electron chi connectivity index (χ1n) is 11.0. The number of carbonyl (C=O) groups is 2. The SMILES string of the molecule is CC(=O)c1c(CN2CCN(Cc3ccc4c(N)ncnc4c3)C(=O)C2)[nH]c2ccc(C)cc12. The second kappa shape index (κ2) is 8.29. The molecule has 168 valence electrons. The Labute approximate surface area is 191 Å². The number of ketones is 1. The van der Waals surface area contributed by atoms with Gasteiger partial charge in [-0.1, -0.05) is 17.7 Å². The number of nitrogens with zero attached hydrogens (tertiary/aromatic N) is 4. The number of nitrogens with two attached hydrogens (primary N) is 1. The van der Waals surface area contributed by atoms with Gasteiger partial charge in [-0.15, -0.1) is 0 Å². The van der Waals surface area contributed by atoms with Crippen LogP contribution in [0.15, 0.2) is 42.7 Å². The maximum Gasteiger partial charge on any atom is 0.237 e. The predicted molar refractivity (Wildman–Crippen MR) is 128 cm³/mol. The van der Waals surface area contributed by atoms with Gasteiger partial charge in [0.2, 0.25) is 5.91 Å². The molecule has 33 heavy (non-hydrogen) atoms. The van der Waals surface area contributed by atoms with Crippen molar-refractivity contribution in [3.63, 3.8) is 0 Å². The van der Waals surface area contributed by atoms with Gasteiger partial charge >= 0.3 is 0 Å². The second-order valence-electron chi connectivity index (χ2n) is 8.72. The van der Waals surface area contributed by atoms with Gasteiger partial charge in [-0.05, 0) is 43.7 Å². The van der Waals surface area contributed by atoms with Crippen LogP contribution in [0.4, 0.5) is 5.82 Å². The van der Waals surface area contributed by atoms with Crippen LogP contribution < -0.4 is 5.73 Å². The van der Waals surface area contributed by atoms with Gasteiger partial charge in [0.1, 0.15) is 12.1 Å². The van der Waals surface area contributed by atoms with Gasteiger partial charge in [-0.2, -0.15) is 0 Å². The number of Topliss-reactive ketones (excluding diaryl/α,β-unsaturated/α-hetero) is 1. The zero-order valence-corrected chi connectivity index (χ0v) is 18.8. The number of nitrogen functional groups attached to an aromatic ring is 1. The number of aromatic amines is 1. The number of hydrogen-bond donors (Lipinski definition) is 2. The first kappa shape index (κ1) is 21.1. The van der Waals surface area contributed by atoms with Crippen LogP contribution in [-0.4, -0.2) is 56.1 Å². The van der Waals surface area contributed by atoms with Gasteiger partial charge in [-0.3, -0.25) is 14.5 Å². The highest BCUT2D eigenvalue weighted by Crippen LogP contribution is 2.26. The quantitative estimate of drug-likeness (QED) is 0.460. The molecule has 4 aromatic rings. The largest absolute Gasteiger partial charge is 0.383 e. The van der Waals surface area contributed by atoms with Crippen LogP contribution in [0, 0.1) is 6.92 Å². The van der Waals surface area contributed by atoms with Crippen molar-refractivity contribution in [3.05, 3.63) is 65.1 Å². The lowest BCUT2D eigenvalue weighted by atomic mass is 10.0. The lowest BCUT2D eigenvalue weighted by molar-refractivity contribution is -0.136. The predicted octanol–water partition coefficient (Wildman–Crippen LogP) is 3.05. The minimum atomic E-state index is 0.0348. The molecule has 2 aromatic heterocycles. The van der Waals surface area contributed by atoms with E-state index in [-0.39, 0.29) is 11.7 Å². The Hall–Kier alpha value is -3.78. The van der Waals surface area contributed by atoms with Gasteiger partial charge < -0.3 is 15.6 Å². The van der Waals surface area contributed by atoms with Crippen LogP contribution in [-0.2, 0) is 17.9 Å². The fraction of sp³-hybridized carbons (Fsp3) is 0.280. The molecule has 0 aliphatic carbocycles. The van der Waals surface area contributed by atoms with Crippen LogP contribution in [0.3, 0.4) is 0 Å². The van der Waals surface area contributed by atoms with Gasteiger partial charge in [0.05, 0.1) is 12.1 Å². The molecule has 0 saturated carbocycles. The molecule has 0 bridgehead atoms.